The van der Waals surface area contributed by atoms with Crippen LogP contribution in [0, 0.1) is 17.8 Å². The van der Waals surface area contributed by atoms with Crippen LogP contribution in [0.1, 0.15) is 66.7 Å². The Morgan fingerprint density at radius 1 is 0.906 bits per heavy atom. The third-order valence-electron chi connectivity index (χ3n) is 10.6. The van der Waals surface area contributed by atoms with Crippen molar-refractivity contribution in [1.82, 2.24) is 4.90 Å². The number of rotatable bonds is 11. The minimum atomic E-state index is -1.29. The Hall–Kier alpha value is -2.15. The second-order valence-electron chi connectivity index (χ2n) is 14.9. The van der Waals surface area contributed by atoms with Crippen molar-refractivity contribution in [3.63, 3.8) is 0 Å². The molecule has 16 atom stereocenters. The Morgan fingerprint density at radius 2 is 1.55 bits per heavy atom. The van der Waals surface area contributed by atoms with Crippen LogP contribution in [0.5, 0.6) is 0 Å². The summed E-state index contributed by atoms with van der Waals surface area (Å²) >= 11 is 0. The van der Waals surface area contributed by atoms with E-state index < -0.39 is 110 Å². The molecule has 3 heterocycles. The second-order valence-corrected chi connectivity index (χ2v) is 14.9. The molecule has 0 aliphatic carbocycles. The van der Waals surface area contributed by atoms with E-state index in [1.807, 2.05) is 19.9 Å². The fourth-order valence-electron chi connectivity index (χ4n) is 7.47. The third-order valence-corrected chi connectivity index (χ3v) is 10.6. The summed E-state index contributed by atoms with van der Waals surface area (Å²) in [5.41, 5.74) is 0.702. The van der Waals surface area contributed by atoms with E-state index in [1.165, 1.54) is 20.3 Å². The molecule has 0 saturated carbocycles. The van der Waals surface area contributed by atoms with E-state index in [0.717, 1.165) is 0 Å². The first kappa shape index (κ1) is 45.2. The summed E-state index contributed by atoms with van der Waals surface area (Å²) < 4.78 is 41.4. The summed E-state index contributed by atoms with van der Waals surface area (Å²) in [6.45, 7) is 8.77. The Morgan fingerprint density at radius 3 is 2.15 bits per heavy atom. The van der Waals surface area contributed by atoms with Crippen LogP contribution in [-0.2, 0) is 47.5 Å². The van der Waals surface area contributed by atoms with Gasteiger partial charge in [-0.3, -0.25) is 9.59 Å². The molecule has 53 heavy (non-hydrogen) atoms. The second kappa shape index (κ2) is 21.2. The SMILES string of the molecule is CC[C@H]1OC(=O)C[C@@H](O)C[C@@H](OC2OC(C)[C@@H](O)[C@@H](N(C)C)[C@@H]2O)[C@@H](CC=O)C[C@@H](C)C(=O)C=CC(C)=C[C@@H]1CO[C@@H]1OC(C)[C@@H](O)[C@H](OC)C1OC. The van der Waals surface area contributed by atoms with Gasteiger partial charge in [-0.2, -0.15) is 0 Å². The highest BCUT2D eigenvalue weighted by molar-refractivity contribution is 5.91. The maximum Gasteiger partial charge on any atom is 0.308 e. The monoisotopic (exact) mass is 757 g/mol. The molecule has 2 saturated heterocycles. The lowest BCUT2D eigenvalue weighted by Gasteiger charge is -2.45. The molecule has 4 unspecified atom stereocenters. The lowest BCUT2D eigenvalue weighted by molar-refractivity contribution is -0.304. The number of ether oxygens (including phenoxy) is 7. The van der Waals surface area contributed by atoms with Gasteiger partial charge in [0.05, 0.1) is 49.6 Å². The van der Waals surface area contributed by atoms with Crippen LogP contribution in [0.15, 0.2) is 23.8 Å². The topological polar surface area (TPSA) is 200 Å². The Labute approximate surface area is 313 Å². The number of carbonyl (C=O) groups excluding carboxylic acids is 3. The summed E-state index contributed by atoms with van der Waals surface area (Å²) in [5, 5.41) is 43.8. The molecule has 15 heteroatoms. The van der Waals surface area contributed by atoms with Gasteiger partial charge in [-0.15, -0.1) is 0 Å². The van der Waals surface area contributed by atoms with Gasteiger partial charge >= 0.3 is 5.97 Å². The first-order valence-corrected chi connectivity index (χ1v) is 18.6. The zero-order valence-electron chi connectivity index (χ0n) is 32.6. The van der Waals surface area contributed by atoms with Crippen LogP contribution in [0.3, 0.4) is 0 Å². The highest BCUT2D eigenvalue weighted by atomic mass is 16.7. The van der Waals surface area contributed by atoms with Gasteiger partial charge < -0.3 is 63.3 Å². The number of carbonyl (C=O) groups is 3. The van der Waals surface area contributed by atoms with Crippen molar-refractivity contribution < 1.29 is 68.0 Å². The maximum atomic E-state index is 13.4. The van der Waals surface area contributed by atoms with Gasteiger partial charge in [-0.25, -0.2) is 0 Å². The number of esters is 1. The van der Waals surface area contributed by atoms with Crippen LogP contribution in [-0.4, -0.2) is 158 Å². The number of methoxy groups -OCH3 is 2. The molecule has 0 aromatic carbocycles. The van der Waals surface area contributed by atoms with Gasteiger partial charge in [-0.05, 0) is 59.7 Å². The number of allylic oxidation sites excluding steroid dienone is 3. The third kappa shape index (κ3) is 12.2. The molecule has 15 nitrogen and oxygen atoms in total. The number of hydrogen-bond acceptors (Lipinski definition) is 15. The fourth-order valence-corrected chi connectivity index (χ4v) is 7.47. The zero-order valence-corrected chi connectivity index (χ0v) is 32.6. The summed E-state index contributed by atoms with van der Waals surface area (Å²) in [4.78, 5) is 40.4. The fraction of sp³-hybridized carbons (Fsp3) is 0.816. The number of aldehydes is 1. The van der Waals surface area contributed by atoms with E-state index >= 15 is 0 Å². The lowest BCUT2D eigenvalue weighted by Crippen LogP contribution is -2.62. The predicted molar refractivity (Wildman–Crippen MR) is 191 cm³/mol. The van der Waals surface area contributed by atoms with Crippen molar-refractivity contribution >= 4 is 18.0 Å². The summed E-state index contributed by atoms with van der Waals surface area (Å²) in [6, 6.07) is -0.731. The van der Waals surface area contributed by atoms with E-state index in [4.69, 9.17) is 33.2 Å². The molecule has 0 amide bonds. The van der Waals surface area contributed by atoms with E-state index in [1.54, 1.807) is 45.8 Å². The minimum absolute atomic E-state index is 0.0156. The van der Waals surface area contributed by atoms with Gasteiger partial charge in [0, 0.05) is 38.9 Å². The molecule has 0 bridgehead atoms. The largest absolute Gasteiger partial charge is 0.462 e. The first-order chi connectivity index (χ1) is 25.1. The molecule has 0 spiro atoms. The Kier molecular flexibility index (Phi) is 18.1. The number of cyclic esters (lactones) is 1. The number of aliphatic hydroxyl groups excluding tert-OH is 4. The molecule has 4 N–H and O–H groups in total. The Balaban J connectivity index is 1.92. The highest BCUT2D eigenvalue weighted by Gasteiger charge is 2.47. The average Bonchev–Trinajstić information content (AvgIpc) is 3.10. The number of hydrogen-bond donors (Lipinski definition) is 4. The van der Waals surface area contributed by atoms with Gasteiger partial charge in [-0.1, -0.05) is 31.6 Å². The van der Waals surface area contributed by atoms with Crippen LogP contribution in [0.4, 0.5) is 0 Å². The number of likely N-dealkylation sites (N-methyl/N-ethyl adjacent to an activating group) is 1. The average molecular weight is 758 g/mol. The molecule has 3 aliphatic rings. The zero-order chi connectivity index (χ0) is 39.6. The van der Waals surface area contributed by atoms with Crippen LogP contribution in [0.2, 0.25) is 0 Å². The van der Waals surface area contributed by atoms with Gasteiger partial charge in [0.15, 0.2) is 18.4 Å². The standard InChI is InChI=1S/C38H63NO14/c1-10-28-25(19-49-38-36(48-9)35(47-8)33(45)23(5)51-38)15-20(2)11-12-27(42)21(3)16-24(13-14-40)29(17-26(41)18-30(43)52-28)53-37-34(46)31(39(6)7)32(44)22(4)50-37/h11-12,14-15,21-26,28-29,31-38,41,44-46H,10,13,16-19H2,1-9H3/t21-,22?,23?,24+,25-,26+,28-,29-,31-,32-,33-,34+,35+,36?,37?,38-/m1/s1. The first-order valence-electron chi connectivity index (χ1n) is 18.6. The summed E-state index contributed by atoms with van der Waals surface area (Å²) in [6.07, 6.45) is -5.34. The molecular formula is C38H63NO14. The Bertz CT molecular complexity index is 1230. The maximum absolute atomic E-state index is 13.4. The molecule has 0 aromatic rings. The number of nitrogens with zero attached hydrogens (tertiary/aromatic N) is 1. The van der Waals surface area contributed by atoms with Crippen molar-refractivity contribution in [2.45, 2.75) is 146 Å². The van der Waals surface area contributed by atoms with Crippen LogP contribution < -0.4 is 0 Å². The van der Waals surface area contributed by atoms with Crippen molar-refractivity contribution in [1.29, 1.82) is 0 Å². The van der Waals surface area contributed by atoms with Crippen molar-refractivity contribution in [3.05, 3.63) is 23.8 Å². The normalized spacial score (nSPS) is 41.2. The molecule has 304 valence electrons. The summed E-state index contributed by atoms with van der Waals surface area (Å²) in [5.74, 6) is -2.52. The van der Waals surface area contributed by atoms with Crippen molar-refractivity contribution in [2.75, 3.05) is 34.9 Å². The quantitative estimate of drug-likeness (QED) is 0.174. The molecule has 0 aromatic heterocycles. The van der Waals surface area contributed by atoms with Crippen LogP contribution >= 0.6 is 0 Å². The lowest BCUT2D eigenvalue weighted by atomic mass is 9.84. The van der Waals surface area contributed by atoms with Gasteiger partial charge in [0.1, 0.15) is 36.8 Å². The van der Waals surface area contributed by atoms with E-state index in [-0.39, 0.29) is 31.7 Å². The smallest absolute Gasteiger partial charge is 0.308 e. The van der Waals surface area contributed by atoms with E-state index in [0.29, 0.717) is 18.3 Å². The van der Waals surface area contributed by atoms with E-state index in [2.05, 4.69) is 0 Å². The molecule has 3 rings (SSSR count). The van der Waals surface area contributed by atoms with Crippen molar-refractivity contribution in [2.24, 2.45) is 17.8 Å². The number of aliphatic hydroxyl groups is 4. The molecule has 0 radical (unpaired) electrons. The highest BCUT2D eigenvalue weighted by Crippen LogP contribution is 2.32. The van der Waals surface area contributed by atoms with E-state index in [9.17, 15) is 34.8 Å². The van der Waals surface area contributed by atoms with Crippen molar-refractivity contribution in [3.8, 4) is 0 Å². The minimum Gasteiger partial charge on any atom is -0.462 e. The molecule has 3 aliphatic heterocycles. The van der Waals surface area contributed by atoms with Gasteiger partial charge in [0.25, 0.3) is 0 Å². The van der Waals surface area contributed by atoms with Gasteiger partial charge in [0.2, 0.25) is 0 Å². The number of ketones is 1. The summed E-state index contributed by atoms with van der Waals surface area (Å²) in [7, 11) is 6.36. The molecule has 2 fully saturated rings. The molecular weight excluding hydrogens is 694 g/mol. The predicted octanol–water partition coefficient (Wildman–Crippen LogP) is 1.32. The van der Waals surface area contributed by atoms with Crippen LogP contribution in [0.25, 0.3) is 0 Å².